The Morgan fingerprint density at radius 2 is 0.729 bits per heavy atom. The van der Waals surface area contributed by atoms with Crippen LogP contribution in [0.4, 0.5) is 9.59 Å². The molecule has 0 amide bonds. The Morgan fingerprint density at radius 1 is 0.376 bits per heavy atom. The molecule has 1 aliphatic carbocycles. The van der Waals surface area contributed by atoms with Crippen molar-refractivity contribution in [2.45, 2.75) is 175 Å². The van der Waals surface area contributed by atoms with Crippen molar-refractivity contribution < 1.29 is 53.2 Å². The molecule has 6 aromatic carbocycles. The number of rotatable bonds is 26. The van der Waals surface area contributed by atoms with Gasteiger partial charge in [0.1, 0.15) is 23.0 Å². The van der Waals surface area contributed by atoms with Gasteiger partial charge >= 0.3 is 46.6 Å². The molecule has 6 aromatic rings. The minimum atomic E-state index is -2.60. The van der Waals surface area contributed by atoms with Gasteiger partial charge in [0.05, 0.1) is 5.41 Å². The fraction of sp³-hybridized carbons (Fsp3) is 0.415. The lowest BCUT2D eigenvalue weighted by Crippen LogP contribution is -2.56. The number of benzene rings is 6. The Kier molecular flexibility index (Phi) is 21.2. The monoisotopic (exact) mass is 1290 g/mol. The van der Waals surface area contributed by atoms with E-state index in [1.54, 1.807) is 12.1 Å². The first-order chi connectivity index (χ1) is 39.3. The van der Waals surface area contributed by atoms with Crippen molar-refractivity contribution >= 4 is 79.8 Å². The number of aryl methyl sites for hydroxylation is 4. The molecular weight excluding hydrogens is 1200 g/mol. The Morgan fingerprint density at radius 3 is 1.08 bits per heavy atom. The summed E-state index contributed by atoms with van der Waals surface area (Å²) in [5, 5.41) is 0. The smallest absolute Gasteiger partial charge is 0.437 e. The van der Waals surface area contributed by atoms with E-state index in [0.29, 0.717) is 23.0 Å². The Hall–Kier alpha value is -4.64. The van der Waals surface area contributed by atoms with E-state index in [2.05, 4.69) is 154 Å². The number of fused-ring (bicyclic) bond motifs is 3. The van der Waals surface area contributed by atoms with Crippen molar-refractivity contribution in [3.63, 3.8) is 0 Å². The second kappa shape index (κ2) is 26.6. The Bertz CT molecular complexity index is 3110. The summed E-state index contributed by atoms with van der Waals surface area (Å²) in [5.74, 6) is 1.49. The first kappa shape index (κ1) is 67.9. The summed E-state index contributed by atoms with van der Waals surface area (Å²) in [6.07, 6.45) is 1.49. The van der Waals surface area contributed by atoms with Gasteiger partial charge in [0, 0.05) is 0 Å². The van der Waals surface area contributed by atoms with Crippen molar-refractivity contribution in [1.82, 2.24) is 0 Å². The molecule has 12 nitrogen and oxygen atoms in total. The standard InChI is InChI=1S/C65H94O12Si8/c1-49-39-41-53(47-61(49)70-63(66)68-55-33-25-29-51(45-55)31-27-43-84(19,74-80(9,10)11)76-82(15,16)72-78(3,4)5)65(59-37-23-21-35-57(59)58-36-22-24-38-60(58)65)54-42-40-50(2)62(48-54)71-64(67)69-56-34-26-30-52(46-56)32-28-44-85(20,75-81(12,13)14)77-83(17,18)73-79(6,7)8/h21-26,29-30,33-42,45-48H,27-28,31-32,43-44H2,1-20H3. The molecule has 0 saturated heterocycles. The molecule has 0 bridgehead atoms. The minimum Gasteiger partial charge on any atom is -0.437 e. The highest BCUT2D eigenvalue weighted by molar-refractivity contribution is 6.90. The average molecular weight is 1290 g/mol. The molecule has 2 atom stereocenters. The van der Waals surface area contributed by atoms with E-state index < -0.39 is 85.2 Å². The second-order valence-electron chi connectivity index (χ2n) is 27.8. The van der Waals surface area contributed by atoms with Crippen LogP contribution in [0.1, 0.15) is 57.3 Å². The van der Waals surface area contributed by atoms with Gasteiger partial charge in [-0.05, 0) is 261 Å². The van der Waals surface area contributed by atoms with Gasteiger partial charge in [-0.15, -0.1) is 0 Å². The fourth-order valence-corrected chi connectivity index (χ4v) is 48.1. The third kappa shape index (κ3) is 19.2. The van der Waals surface area contributed by atoms with Crippen molar-refractivity contribution in [2.75, 3.05) is 0 Å². The molecule has 0 saturated carbocycles. The van der Waals surface area contributed by atoms with Crippen LogP contribution in [-0.4, -0.2) is 79.8 Å². The quantitative estimate of drug-likeness (QED) is 0.0291. The van der Waals surface area contributed by atoms with E-state index >= 15 is 0 Å². The fourth-order valence-electron chi connectivity index (χ4n) is 12.2. The predicted molar refractivity (Wildman–Crippen MR) is 364 cm³/mol. The highest BCUT2D eigenvalue weighted by atomic mass is 28.5. The zero-order chi connectivity index (χ0) is 62.6. The lowest BCUT2D eigenvalue weighted by Gasteiger charge is -2.41. The van der Waals surface area contributed by atoms with E-state index in [1.165, 1.54) is 0 Å². The van der Waals surface area contributed by atoms with Crippen LogP contribution in [0.5, 0.6) is 23.0 Å². The Labute approximate surface area is 516 Å². The number of carbonyl (C=O) groups is 2. The molecule has 0 spiro atoms. The van der Waals surface area contributed by atoms with Crippen LogP contribution in [0.2, 0.25) is 130 Å². The van der Waals surface area contributed by atoms with Gasteiger partial charge in [-0.3, -0.25) is 0 Å². The maximum atomic E-state index is 13.9. The minimum absolute atomic E-state index is 0.354. The van der Waals surface area contributed by atoms with E-state index in [4.69, 9.17) is 43.6 Å². The van der Waals surface area contributed by atoms with Crippen molar-refractivity contribution in [2.24, 2.45) is 0 Å². The molecule has 20 heteroatoms. The largest absolute Gasteiger partial charge is 0.519 e. The summed E-state index contributed by atoms with van der Waals surface area (Å²) in [6.45, 7) is 43.3. The van der Waals surface area contributed by atoms with Crippen LogP contribution in [0.25, 0.3) is 11.1 Å². The average Bonchev–Trinajstić information content (AvgIpc) is 1.61. The lowest BCUT2D eigenvalue weighted by atomic mass is 9.67. The molecule has 85 heavy (non-hydrogen) atoms. The number of carbonyl (C=O) groups excluding carboxylic acids is 2. The first-order valence-electron chi connectivity index (χ1n) is 29.9. The zero-order valence-corrected chi connectivity index (χ0v) is 62.3. The summed E-state index contributed by atoms with van der Waals surface area (Å²) >= 11 is 0. The van der Waals surface area contributed by atoms with Crippen molar-refractivity contribution in [3.05, 3.63) is 178 Å². The zero-order valence-electron chi connectivity index (χ0n) is 54.3. The second-order valence-corrected chi connectivity index (χ2v) is 60.8. The molecule has 2 unspecified atom stereocenters. The van der Waals surface area contributed by atoms with Gasteiger partial charge in [0.25, 0.3) is 0 Å². The van der Waals surface area contributed by atoms with Crippen LogP contribution in [0.3, 0.4) is 0 Å². The summed E-state index contributed by atoms with van der Waals surface area (Å²) in [4.78, 5) is 27.9. The van der Waals surface area contributed by atoms with Gasteiger partial charge < -0.3 is 43.6 Å². The van der Waals surface area contributed by atoms with Gasteiger partial charge in [0.15, 0.2) is 33.3 Å². The number of hydrogen-bond acceptors (Lipinski definition) is 12. The summed E-state index contributed by atoms with van der Waals surface area (Å²) in [7, 11) is -17.6. The molecule has 458 valence electrons. The molecule has 0 heterocycles. The number of ether oxygens (including phenoxy) is 4. The molecule has 0 N–H and O–H groups in total. The van der Waals surface area contributed by atoms with Crippen molar-refractivity contribution in [3.8, 4) is 34.1 Å². The van der Waals surface area contributed by atoms with Crippen LogP contribution in [0, 0.1) is 13.8 Å². The van der Waals surface area contributed by atoms with Crippen LogP contribution < -0.4 is 18.9 Å². The van der Waals surface area contributed by atoms with Gasteiger partial charge in [-0.25, -0.2) is 9.59 Å². The van der Waals surface area contributed by atoms with Crippen LogP contribution >= 0.6 is 0 Å². The van der Waals surface area contributed by atoms with E-state index in [-0.39, 0.29) is 0 Å². The number of hydrogen-bond donors (Lipinski definition) is 0. The van der Waals surface area contributed by atoms with Gasteiger partial charge in [-0.1, -0.05) is 97.1 Å². The molecule has 0 aliphatic heterocycles. The molecule has 1 aliphatic rings. The SMILES string of the molecule is Cc1ccc(C2(c3ccc(C)c(OC(=O)Oc4cccc(CCC[Si](C)(O[Si](C)(C)C)O[Si](C)(C)O[Si](C)(C)C)c4)c3)c3ccccc3-c3ccccc32)cc1OC(=O)Oc1cccc(CCC[Si](C)(O[Si](C)(C)C)O[Si](C)(C)O[Si](C)(C)C)c1. The van der Waals surface area contributed by atoms with E-state index in [0.717, 1.165) is 93.4 Å². The summed E-state index contributed by atoms with van der Waals surface area (Å²) < 4.78 is 65.0. The topological polar surface area (TPSA) is 126 Å². The lowest BCUT2D eigenvalue weighted by molar-refractivity contribution is 0.150. The maximum absolute atomic E-state index is 13.9. The van der Waals surface area contributed by atoms with Gasteiger partial charge in [-0.2, -0.15) is 0 Å². The van der Waals surface area contributed by atoms with Gasteiger partial charge in [0.2, 0.25) is 0 Å². The summed E-state index contributed by atoms with van der Waals surface area (Å²) in [6, 6.07) is 45.5. The normalized spacial score (nSPS) is 15.1. The first-order valence-corrected chi connectivity index (χ1v) is 54.2. The highest BCUT2D eigenvalue weighted by Crippen LogP contribution is 2.57. The molecule has 7 rings (SSSR count). The third-order valence-electron chi connectivity index (χ3n) is 14.0. The third-order valence-corrected chi connectivity index (χ3v) is 41.1. The van der Waals surface area contributed by atoms with Crippen LogP contribution in [-0.2, 0) is 42.9 Å². The molecule has 0 fully saturated rings. The molecule has 0 radical (unpaired) electrons. The molecule has 0 aromatic heterocycles. The summed E-state index contributed by atoms with van der Waals surface area (Å²) in [5.41, 5.74) is 8.50. The van der Waals surface area contributed by atoms with Crippen LogP contribution in [0.15, 0.2) is 133 Å². The highest BCUT2D eigenvalue weighted by Gasteiger charge is 2.48. The van der Waals surface area contributed by atoms with E-state index in [9.17, 15) is 9.59 Å². The van der Waals surface area contributed by atoms with E-state index in [1.807, 2.05) is 98.8 Å². The predicted octanol–water partition coefficient (Wildman–Crippen LogP) is 18.7. The van der Waals surface area contributed by atoms with Crippen molar-refractivity contribution in [1.29, 1.82) is 0 Å². The Balaban J connectivity index is 1.10. The molecular formula is C65H94O12Si8. The maximum Gasteiger partial charge on any atom is 0.519 e.